The molecule has 0 saturated heterocycles. The van der Waals surface area contributed by atoms with E-state index in [1.54, 1.807) is 0 Å². The van der Waals surface area contributed by atoms with Crippen molar-refractivity contribution >= 4 is 17.7 Å². The maximum absolute atomic E-state index is 4.73. The maximum Gasteiger partial charge on any atom is 0.192 e. The summed E-state index contributed by atoms with van der Waals surface area (Å²) in [5, 5.41) is 15.3. The van der Waals surface area contributed by atoms with Crippen molar-refractivity contribution in [3.63, 3.8) is 0 Å². The van der Waals surface area contributed by atoms with E-state index in [9.17, 15) is 0 Å². The second-order valence-electron chi connectivity index (χ2n) is 6.62. The highest BCUT2D eigenvalue weighted by molar-refractivity contribution is 7.98. The van der Waals surface area contributed by atoms with Gasteiger partial charge in [0.1, 0.15) is 12.4 Å². The summed E-state index contributed by atoms with van der Waals surface area (Å²) in [7, 11) is 1.97. The molecule has 1 aromatic carbocycles. The Kier molecular flexibility index (Phi) is 8.64. The van der Waals surface area contributed by atoms with E-state index in [2.05, 4.69) is 65.2 Å². The predicted molar refractivity (Wildman–Crippen MR) is 115 cm³/mol. The van der Waals surface area contributed by atoms with Crippen LogP contribution in [0.5, 0.6) is 0 Å². The molecule has 1 aromatic heterocycles. The molecule has 1 atom stereocenters. The second kappa shape index (κ2) is 11.0. The molecule has 1 unspecified atom stereocenters. The van der Waals surface area contributed by atoms with Crippen LogP contribution in [-0.2, 0) is 20.0 Å². The predicted octanol–water partition coefficient (Wildman–Crippen LogP) is 3.24. The van der Waals surface area contributed by atoms with Crippen molar-refractivity contribution in [3.8, 4) is 0 Å². The molecule has 148 valence electrons. The van der Waals surface area contributed by atoms with E-state index in [1.165, 1.54) is 11.1 Å². The number of aliphatic imine (C=N–C) groups is 1. The molecular formula is C20H32N6S. The molecule has 0 aliphatic rings. The zero-order valence-corrected chi connectivity index (χ0v) is 17.9. The summed E-state index contributed by atoms with van der Waals surface area (Å²) >= 11 is 1.86. The number of hydrogen-bond donors (Lipinski definition) is 2. The van der Waals surface area contributed by atoms with Gasteiger partial charge in [-0.2, -0.15) is 11.8 Å². The molecule has 2 N–H and O–H groups in total. The molecule has 1 heterocycles. The van der Waals surface area contributed by atoms with E-state index in [0.717, 1.165) is 42.7 Å². The minimum atomic E-state index is 0.170. The average molecular weight is 389 g/mol. The zero-order chi connectivity index (χ0) is 19.6. The Morgan fingerprint density at radius 3 is 2.59 bits per heavy atom. The Bertz CT molecular complexity index is 723. The van der Waals surface area contributed by atoms with Crippen molar-refractivity contribution in [3.05, 3.63) is 47.0 Å². The van der Waals surface area contributed by atoms with E-state index < -0.39 is 0 Å². The molecule has 6 nitrogen and oxygen atoms in total. The summed E-state index contributed by atoms with van der Waals surface area (Å²) in [6.45, 7) is 7.67. The smallest absolute Gasteiger partial charge is 0.192 e. The summed E-state index contributed by atoms with van der Waals surface area (Å²) < 4.78 is 1.97. The standard InChI is InChI=1S/C20H32N6S/c1-6-17-8-10-18(11-9-17)15(2)23-20(21-12-7-13-27-5)22-14-19-25-24-16(3)26(19)4/h8-11,15H,6-7,12-14H2,1-5H3,(H2,21,22,23). The molecule has 0 aliphatic heterocycles. The quantitative estimate of drug-likeness (QED) is 0.392. The van der Waals surface area contributed by atoms with Gasteiger partial charge in [-0.25, -0.2) is 4.99 Å². The zero-order valence-electron chi connectivity index (χ0n) is 17.1. The molecule has 0 aliphatic carbocycles. The minimum Gasteiger partial charge on any atom is -0.356 e. The maximum atomic E-state index is 4.73. The number of thioether (sulfide) groups is 1. The third kappa shape index (κ3) is 6.57. The number of rotatable bonds is 9. The fourth-order valence-corrected chi connectivity index (χ4v) is 3.08. The van der Waals surface area contributed by atoms with Crippen LogP contribution < -0.4 is 10.6 Å². The van der Waals surface area contributed by atoms with Gasteiger partial charge in [-0.15, -0.1) is 10.2 Å². The van der Waals surface area contributed by atoms with Gasteiger partial charge >= 0.3 is 0 Å². The van der Waals surface area contributed by atoms with Gasteiger partial charge < -0.3 is 15.2 Å². The van der Waals surface area contributed by atoms with Gasteiger partial charge in [-0.05, 0) is 49.8 Å². The lowest BCUT2D eigenvalue weighted by molar-refractivity contribution is 0.673. The highest BCUT2D eigenvalue weighted by atomic mass is 32.2. The van der Waals surface area contributed by atoms with Crippen LogP contribution in [0.4, 0.5) is 0 Å². The third-order valence-electron chi connectivity index (χ3n) is 4.62. The van der Waals surface area contributed by atoms with Crippen LogP contribution in [0, 0.1) is 6.92 Å². The van der Waals surface area contributed by atoms with Gasteiger partial charge in [0.2, 0.25) is 0 Å². The van der Waals surface area contributed by atoms with Crippen LogP contribution in [0.15, 0.2) is 29.3 Å². The SMILES string of the molecule is CCc1ccc(C(C)NC(=NCc2nnc(C)n2C)NCCCSC)cc1. The van der Waals surface area contributed by atoms with Crippen LogP contribution in [0.1, 0.15) is 49.1 Å². The summed E-state index contributed by atoms with van der Waals surface area (Å²) in [4.78, 5) is 4.73. The van der Waals surface area contributed by atoms with Crippen LogP contribution in [0.3, 0.4) is 0 Å². The third-order valence-corrected chi connectivity index (χ3v) is 5.32. The van der Waals surface area contributed by atoms with Gasteiger partial charge in [-0.1, -0.05) is 31.2 Å². The second-order valence-corrected chi connectivity index (χ2v) is 7.61. The van der Waals surface area contributed by atoms with E-state index in [4.69, 9.17) is 4.99 Å². The van der Waals surface area contributed by atoms with Gasteiger partial charge in [0, 0.05) is 13.6 Å². The Hall–Kier alpha value is -2.02. The number of aromatic nitrogens is 3. The highest BCUT2D eigenvalue weighted by Gasteiger charge is 2.09. The Balaban J connectivity index is 2.05. The molecule has 0 bridgehead atoms. The molecule has 2 aromatic rings. The largest absolute Gasteiger partial charge is 0.356 e. The first-order chi connectivity index (χ1) is 13.0. The molecule has 7 heteroatoms. The van der Waals surface area contributed by atoms with Gasteiger partial charge in [0.25, 0.3) is 0 Å². The van der Waals surface area contributed by atoms with Crippen molar-refractivity contribution < 1.29 is 0 Å². The molecule has 0 fully saturated rings. The summed E-state index contributed by atoms with van der Waals surface area (Å²) in [6.07, 6.45) is 4.29. The fraction of sp³-hybridized carbons (Fsp3) is 0.550. The van der Waals surface area contributed by atoms with Crippen molar-refractivity contribution in [1.82, 2.24) is 25.4 Å². The lowest BCUT2D eigenvalue weighted by Gasteiger charge is -2.19. The van der Waals surface area contributed by atoms with Crippen LogP contribution >= 0.6 is 11.8 Å². The molecule has 0 amide bonds. The van der Waals surface area contributed by atoms with Crippen molar-refractivity contribution in [2.45, 2.75) is 46.2 Å². The summed E-state index contributed by atoms with van der Waals surface area (Å²) in [5.74, 6) is 3.70. The molecule has 2 rings (SSSR count). The summed E-state index contributed by atoms with van der Waals surface area (Å²) in [5.41, 5.74) is 2.60. The number of hydrogen-bond acceptors (Lipinski definition) is 4. The number of aryl methyl sites for hydroxylation is 2. The molecule has 0 spiro atoms. The first-order valence-corrected chi connectivity index (χ1v) is 10.9. The van der Waals surface area contributed by atoms with E-state index in [1.807, 2.05) is 30.3 Å². The van der Waals surface area contributed by atoms with Crippen molar-refractivity contribution in [2.75, 3.05) is 18.6 Å². The van der Waals surface area contributed by atoms with Gasteiger partial charge in [0.05, 0.1) is 6.04 Å². The van der Waals surface area contributed by atoms with Crippen LogP contribution in [0.2, 0.25) is 0 Å². The van der Waals surface area contributed by atoms with E-state index >= 15 is 0 Å². The molecule has 0 saturated carbocycles. The van der Waals surface area contributed by atoms with Crippen LogP contribution in [0.25, 0.3) is 0 Å². The average Bonchev–Trinajstić information content (AvgIpc) is 3.01. The van der Waals surface area contributed by atoms with E-state index in [0.29, 0.717) is 6.54 Å². The molecular weight excluding hydrogens is 356 g/mol. The van der Waals surface area contributed by atoms with E-state index in [-0.39, 0.29) is 6.04 Å². The number of nitrogens with zero attached hydrogens (tertiary/aromatic N) is 4. The monoisotopic (exact) mass is 388 g/mol. The molecule has 27 heavy (non-hydrogen) atoms. The Morgan fingerprint density at radius 1 is 1.26 bits per heavy atom. The normalized spacial score (nSPS) is 12.9. The Labute approximate surface area is 167 Å². The number of nitrogens with one attached hydrogen (secondary N) is 2. The first kappa shape index (κ1) is 21.3. The van der Waals surface area contributed by atoms with Crippen LogP contribution in [-0.4, -0.2) is 39.3 Å². The first-order valence-electron chi connectivity index (χ1n) is 9.52. The molecule has 0 radical (unpaired) electrons. The highest BCUT2D eigenvalue weighted by Crippen LogP contribution is 2.13. The van der Waals surface area contributed by atoms with Gasteiger partial charge in [-0.3, -0.25) is 0 Å². The number of guanidine groups is 1. The lowest BCUT2D eigenvalue weighted by atomic mass is 10.1. The number of benzene rings is 1. The summed E-state index contributed by atoms with van der Waals surface area (Å²) in [6, 6.07) is 8.93. The van der Waals surface area contributed by atoms with Crippen molar-refractivity contribution in [2.24, 2.45) is 12.0 Å². The topological polar surface area (TPSA) is 67.1 Å². The Morgan fingerprint density at radius 2 is 2.00 bits per heavy atom. The minimum absolute atomic E-state index is 0.170. The van der Waals surface area contributed by atoms with Gasteiger partial charge in [0.15, 0.2) is 11.8 Å². The fourth-order valence-electron chi connectivity index (χ4n) is 2.64. The lowest BCUT2D eigenvalue weighted by Crippen LogP contribution is -2.39. The van der Waals surface area contributed by atoms with Crippen molar-refractivity contribution in [1.29, 1.82) is 0 Å².